The van der Waals surface area contributed by atoms with E-state index in [1.807, 2.05) is 4.90 Å². The van der Waals surface area contributed by atoms with Crippen LogP contribution in [-0.2, 0) is 4.79 Å². The van der Waals surface area contributed by atoms with E-state index in [9.17, 15) is 4.79 Å². The van der Waals surface area contributed by atoms with E-state index in [-0.39, 0.29) is 11.4 Å². The molecule has 94 valence electrons. The number of rotatable bonds is 2. The van der Waals surface area contributed by atoms with Gasteiger partial charge in [0.15, 0.2) is 0 Å². The Kier molecular flexibility index (Phi) is 4.36. The zero-order valence-corrected chi connectivity index (χ0v) is 11.3. The molecule has 2 atom stereocenters. The van der Waals surface area contributed by atoms with Crippen molar-refractivity contribution in [3.05, 3.63) is 0 Å². The van der Waals surface area contributed by atoms with Crippen LogP contribution in [0.5, 0.6) is 0 Å². The van der Waals surface area contributed by atoms with Gasteiger partial charge in [0.05, 0.1) is 6.54 Å². The molecule has 16 heavy (non-hydrogen) atoms. The first kappa shape index (κ1) is 13.5. The standard InChI is InChI=1S/C13H26N2O/c1-10-7-6-8-15(11(10)2)12(16)9-14-13(3,4)5/h10-11,14H,6-9H2,1-5H3. The van der Waals surface area contributed by atoms with Crippen molar-refractivity contribution in [3.8, 4) is 0 Å². The molecule has 3 heteroatoms. The predicted octanol–water partition coefficient (Wildman–Crippen LogP) is 2.02. The minimum Gasteiger partial charge on any atom is -0.339 e. The number of piperidine rings is 1. The molecule has 0 saturated carbocycles. The number of nitrogens with zero attached hydrogens (tertiary/aromatic N) is 1. The number of nitrogens with one attached hydrogen (secondary N) is 1. The number of carbonyl (C=O) groups excluding carboxylic acids is 1. The highest BCUT2D eigenvalue weighted by molar-refractivity contribution is 5.78. The Hall–Kier alpha value is -0.570. The summed E-state index contributed by atoms with van der Waals surface area (Å²) in [7, 11) is 0. The first-order chi connectivity index (χ1) is 7.31. The molecule has 0 bridgehead atoms. The molecule has 1 amide bonds. The lowest BCUT2D eigenvalue weighted by atomic mass is 9.92. The van der Waals surface area contributed by atoms with Gasteiger partial charge in [0.2, 0.25) is 5.91 Å². The van der Waals surface area contributed by atoms with Gasteiger partial charge in [-0.15, -0.1) is 0 Å². The van der Waals surface area contributed by atoms with E-state index >= 15 is 0 Å². The average Bonchev–Trinajstić information content (AvgIpc) is 2.17. The minimum absolute atomic E-state index is 0.0142. The zero-order valence-electron chi connectivity index (χ0n) is 11.3. The summed E-state index contributed by atoms with van der Waals surface area (Å²) in [4.78, 5) is 14.1. The lowest BCUT2D eigenvalue weighted by Gasteiger charge is -2.38. The third-order valence-corrected chi connectivity index (χ3v) is 3.46. The molecule has 1 fully saturated rings. The molecule has 0 spiro atoms. The van der Waals surface area contributed by atoms with E-state index in [0.29, 0.717) is 18.5 Å². The first-order valence-corrected chi connectivity index (χ1v) is 6.36. The first-order valence-electron chi connectivity index (χ1n) is 6.36. The van der Waals surface area contributed by atoms with Gasteiger partial charge in [-0.25, -0.2) is 0 Å². The Morgan fingerprint density at radius 3 is 2.56 bits per heavy atom. The minimum atomic E-state index is 0.0142. The van der Waals surface area contributed by atoms with Crippen LogP contribution in [0.15, 0.2) is 0 Å². The van der Waals surface area contributed by atoms with Crippen molar-refractivity contribution in [1.29, 1.82) is 0 Å². The Balaban J connectivity index is 2.47. The molecule has 0 aliphatic carbocycles. The zero-order chi connectivity index (χ0) is 12.3. The van der Waals surface area contributed by atoms with Crippen molar-refractivity contribution in [2.75, 3.05) is 13.1 Å². The lowest BCUT2D eigenvalue weighted by Crippen LogP contribution is -2.51. The summed E-state index contributed by atoms with van der Waals surface area (Å²) in [5.41, 5.74) is 0.0142. The van der Waals surface area contributed by atoms with E-state index in [1.165, 1.54) is 6.42 Å². The summed E-state index contributed by atoms with van der Waals surface area (Å²) in [6.07, 6.45) is 2.39. The largest absolute Gasteiger partial charge is 0.339 e. The van der Waals surface area contributed by atoms with Gasteiger partial charge in [0, 0.05) is 18.1 Å². The highest BCUT2D eigenvalue weighted by Gasteiger charge is 2.28. The molecule has 0 aromatic rings. The van der Waals surface area contributed by atoms with Crippen LogP contribution >= 0.6 is 0 Å². The van der Waals surface area contributed by atoms with Gasteiger partial charge in [-0.2, -0.15) is 0 Å². The third kappa shape index (κ3) is 3.78. The molecule has 1 rings (SSSR count). The van der Waals surface area contributed by atoms with Crippen LogP contribution in [0, 0.1) is 5.92 Å². The van der Waals surface area contributed by atoms with Gasteiger partial charge in [-0.3, -0.25) is 4.79 Å². The van der Waals surface area contributed by atoms with Crippen molar-refractivity contribution < 1.29 is 4.79 Å². The van der Waals surface area contributed by atoms with E-state index in [2.05, 4.69) is 39.9 Å². The van der Waals surface area contributed by atoms with Crippen molar-refractivity contribution in [2.24, 2.45) is 5.92 Å². The van der Waals surface area contributed by atoms with Crippen LogP contribution in [0.25, 0.3) is 0 Å². The molecule has 3 nitrogen and oxygen atoms in total. The summed E-state index contributed by atoms with van der Waals surface area (Å²) in [5, 5.41) is 3.26. The summed E-state index contributed by atoms with van der Waals surface area (Å²) < 4.78 is 0. The van der Waals surface area contributed by atoms with Crippen LogP contribution in [0.1, 0.15) is 47.5 Å². The quantitative estimate of drug-likeness (QED) is 0.781. The second-order valence-corrected chi connectivity index (χ2v) is 6.05. The number of hydrogen-bond donors (Lipinski definition) is 1. The third-order valence-electron chi connectivity index (χ3n) is 3.46. The van der Waals surface area contributed by atoms with Crippen molar-refractivity contribution in [2.45, 2.75) is 59.0 Å². The fraction of sp³-hybridized carbons (Fsp3) is 0.923. The van der Waals surface area contributed by atoms with Gasteiger partial charge >= 0.3 is 0 Å². The van der Waals surface area contributed by atoms with Crippen LogP contribution < -0.4 is 5.32 Å². The summed E-state index contributed by atoms with van der Waals surface area (Å²) in [5.74, 6) is 0.876. The Labute approximate surface area is 99.6 Å². The molecule has 1 aliphatic rings. The van der Waals surface area contributed by atoms with Gasteiger partial charge in [-0.1, -0.05) is 6.92 Å². The van der Waals surface area contributed by atoms with Crippen molar-refractivity contribution in [1.82, 2.24) is 10.2 Å². The maximum absolute atomic E-state index is 12.1. The fourth-order valence-corrected chi connectivity index (χ4v) is 2.13. The predicted molar refractivity (Wildman–Crippen MR) is 67.3 cm³/mol. The monoisotopic (exact) mass is 226 g/mol. The summed E-state index contributed by atoms with van der Waals surface area (Å²) in [6, 6.07) is 0.392. The van der Waals surface area contributed by atoms with Gasteiger partial charge in [0.1, 0.15) is 0 Å². The van der Waals surface area contributed by atoms with Crippen LogP contribution in [0.3, 0.4) is 0 Å². The number of hydrogen-bond acceptors (Lipinski definition) is 2. The molecule has 0 aromatic carbocycles. The van der Waals surface area contributed by atoms with Crippen molar-refractivity contribution in [3.63, 3.8) is 0 Å². The molecular formula is C13H26N2O. The van der Waals surface area contributed by atoms with Crippen LogP contribution in [0.2, 0.25) is 0 Å². The molecule has 1 N–H and O–H groups in total. The fourth-order valence-electron chi connectivity index (χ4n) is 2.13. The lowest BCUT2D eigenvalue weighted by molar-refractivity contribution is -0.135. The Morgan fingerprint density at radius 1 is 1.38 bits per heavy atom. The Morgan fingerprint density at radius 2 is 2.00 bits per heavy atom. The summed E-state index contributed by atoms with van der Waals surface area (Å²) in [6.45, 7) is 12.0. The van der Waals surface area contributed by atoms with E-state index in [1.54, 1.807) is 0 Å². The van der Waals surface area contributed by atoms with Crippen molar-refractivity contribution >= 4 is 5.91 Å². The normalized spacial score (nSPS) is 26.9. The van der Waals surface area contributed by atoms with E-state index < -0.39 is 0 Å². The molecule has 1 saturated heterocycles. The summed E-state index contributed by atoms with van der Waals surface area (Å²) >= 11 is 0. The molecular weight excluding hydrogens is 200 g/mol. The molecule has 1 heterocycles. The smallest absolute Gasteiger partial charge is 0.236 e. The van der Waals surface area contributed by atoms with Gasteiger partial charge < -0.3 is 10.2 Å². The van der Waals surface area contributed by atoms with E-state index in [0.717, 1.165) is 13.0 Å². The molecule has 0 aromatic heterocycles. The molecule has 0 radical (unpaired) electrons. The van der Waals surface area contributed by atoms with E-state index in [4.69, 9.17) is 0 Å². The molecule has 1 aliphatic heterocycles. The SMILES string of the molecule is CC1CCCN(C(=O)CNC(C)(C)C)C1C. The van der Waals surface area contributed by atoms with Gasteiger partial charge in [-0.05, 0) is 46.5 Å². The van der Waals surface area contributed by atoms with Crippen LogP contribution in [0.4, 0.5) is 0 Å². The number of amides is 1. The maximum Gasteiger partial charge on any atom is 0.236 e. The number of likely N-dealkylation sites (tertiary alicyclic amines) is 1. The van der Waals surface area contributed by atoms with Crippen LogP contribution in [-0.4, -0.2) is 35.5 Å². The topological polar surface area (TPSA) is 32.3 Å². The Bertz CT molecular complexity index is 245. The number of carbonyl (C=O) groups is 1. The second kappa shape index (κ2) is 5.17. The molecule has 2 unspecified atom stereocenters. The highest BCUT2D eigenvalue weighted by atomic mass is 16.2. The maximum atomic E-state index is 12.1. The average molecular weight is 226 g/mol. The van der Waals surface area contributed by atoms with Gasteiger partial charge in [0.25, 0.3) is 0 Å². The second-order valence-electron chi connectivity index (χ2n) is 6.05. The highest BCUT2D eigenvalue weighted by Crippen LogP contribution is 2.22.